The summed E-state index contributed by atoms with van der Waals surface area (Å²) < 4.78 is 43.8. The molecule has 0 aliphatic carbocycles. The molecule has 2 atom stereocenters. The van der Waals surface area contributed by atoms with Crippen molar-refractivity contribution < 1.29 is 12.8 Å². The molecule has 3 heterocycles. The fourth-order valence-corrected chi connectivity index (χ4v) is 5.74. The van der Waals surface area contributed by atoms with E-state index in [1.165, 1.54) is 16.8 Å². The average molecular weight is 401 g/mol. The van der Waals surface area contributed by atoms with Crippen molar-refractivity contribution in [2.24, 2.45) is 0 Å². The van der Waals surface area contributed by atoms with Gasteiger partial charge in [0.1, 0.15) is 11.5 Å². The van der Waals surface area contributed by atoms with Crippen LogP contribution in [0.1, 0.15) is 24.8 Å². The van der Waals surface area contributed by atoms with E-state index in [2.05, 4.69) is 10.4 Å². The maximum atomic E-state index is 14.6. The molecular formula is C17H22ClFN4O2S. The van der Waals surface area contributed by atoms with Crippen LogP contribution in [0.2, 0.25) is 0 Å². The Hall–Kier alpha value is -1.48. The van der Waals surface area contributed by atoms with Gasteiger partial charge in [0, 0.05) is 24.8 Å². The van der Waals surface area contributed by atoms with Crippen LogP contribution >= 0.6 is 12.4 Å². The van der Waals surface area contributed by atoms with Crippen molar-refractivity contribution in [2.75, 3.05) is 13.1 Å². The standard InChI is InChI=1S/C17H21FN4O2S.ClH/c1-12-9-20-21(11-12)17-5-4-15(8-16(17)18)25(23,24)22-13-2-3-14(22)10-19-7-6-13;/h4-5,8-9,11,13-14,19H,2-3,6-7,10H2,1H3;1H. The van der Waals surface area contributed by atoms with Crippen molar-refractivity contribution in [3.05, 3.63) is 42.0 Å². The number of halogens is 2. The molecule has 2 bridgehead atoms. The molecule has 2 saturated heterocycles. The molecule has 2 aromatic rings. The van der Waals surface area contributed by atoms with Crippen molar-refractivity contribution >= 4 is 22.4 Å². The summed E-state index contributed by atoms with van der Waals surface area (Å²) in [4.78, 5) is 0.0106. The zero-order valence-corrected chi connectivity index (χ0v) is 16.1. The van der Waals surface area contributed by atoms with Crippen molar-refractivity contribution in [1.82, 2.24) is 19.4 Å². The molecule has 1 aromatic heterocycles. The second-order valence-electron chi connectivity index (χ2n) is 6.79. The van der Waals surface area contributed by atoms with Gasteiger partial charge in [-0.05, 0) is 56.5 Å². The van der Waals surface area contributed by atoms with Gasteiger partial charge >= 0.3 is 0 Å². The quantitative estimate of drug-likeness (QED) is 0.858. The summed E-state index contributed by atoms with van der Waals surface area (Å²) in [5.41, 5.74) is 1.15. The van der Waals surface area contributed by atoms with Gasteiger partial charge in [-0.3, -0.25) is 0 Å². The number of aryl methyl sites for hydroxylation is 1. The van der Waals surface area contributed by atoms with Gasteiger partial charge in [0.2, 0.25) is 10.0 Å². The maximum absolute atomic E-state index is 14.6. The topological polar surface area (TPSA) is 67.2 Å². The number of hydrogen-bond acceptors (Lipinski definition) is 4. The fourth-order valence-electron chi connectivity index (χ4n) is 3.83. The van der Waals surface area contributed by atoms with Gasteiger partial charge in [-0.1, -0.05) is 0 Å². The highest BCUT2D eigenvalue weighted by molar-refractivity contribution is 7.89. The zero-order chi connectivity index (χ0) is 17.6. The van der Waals surface area contributed by atoms with Gasteiger partial charge in [-0.2, -0.15) is 9.40 Å². The molecule has 1 aromatic carbocycles. The van der Waals surface area contributed by atoms with Crippen molar-refractivity contribution in [3.63, 3.8) is 0 Å². The maximum Gasteiger partial charge on any atom is 0.243 e. The number of benzene rings is 1. The largest absolute Gasteiger partial charge is 0.315 e. The third-order valence-corrected chi connectivity index (χ3v) is 7.04. The molecule has 2 aliphatic heterocycles. The molecular weight excluding hydrogens is 379 g/mol. The van der Waals surface area contributed by atoms with E-state index in [9.17, 15) is 12.8 Å². The Labute approximate surface area is 158 Å². The Balaban J connectivity index is 0.00000196. The summed E-state index contributed by atoms with van der Waals surface area (Å²) in [5, 5.41) is 7.37. The summed E-state index contributed by atoms with van der Waals surface area (Å²) in [7, 11) is -3.71. The number of nitrogens with one attached hydrogen (secondary N) is 1. The summed E-state index contributed by atoms with van der Waals surface area (Å²) in [6.07, 6.45) is 5.85. The van der Waals surface area contributed by atoms with Crippen LogP contribution < -0.4 is 5.32 Å². The monoisotopic (exact) mass is 400 g/mol. The Morgan fingerprint density at radius 3 is 2.69 bits per heavy atom. The smallest absolute Gasteiger partial charge is 0.243 e. The van der Waals surface area contributed by atoms with Gasteiger partial charge < -0.3 is 5.32 Å². The lowest BCUT2D eigenvalue weighted by molar-refractivity contribution is 0.334. The SMILES string of the molecule is Cc1cnn(-c2ccc(S(=O)(=O)N3C4CCNCC3CC4)cc2F)c1.Cl. The second-order valence-corrected chi connectivity index (χ2v) is 8.63. The first-order chi connectivity index (χ1) is 12.0. The Morgan fingerprint density at radius 1 is 1.23 bits per heavy atom. The molecule has 9 heteroatoms. The Kier molecular flexibility index (Phi) is 5.39. The normalized spacial score (nSPS) is 23.5. The highest BCUT2D eigenvalue weighted by atomic mass is 35.5. The number of aromatic nitrogens is 2. The van der Waals surface area contributed by atoms with Crippen LogP contribution in [0, 0.1) is 12.7 Å². The van der Waals surface area contributed by atoms with Gasteiger partial charge in [0.25, 0.3) is 0 Å². The van der Waals surface area contributed by atoms with Crippen LogP contribution in [0.15, 0.2) is 35.5 Å². The summed E-state index contributed by atoms with van der Waals surface area (Å²) >= 11 is 0. The van der Waals surface area contributed by atoms with Crippen LogP contribution in [0.3, 0.4) is 0 Å². The lowest BCUT2D eigenvalue weighted by Crippen LogP contribution is -2.42. The molecule has 0 spiro atoms. The number of hydrogen-bond donors (Lipinski definition) is 1. The average Bonchev–Trinajstić information content (AvgIpc) is 3.09. The third-order valence-electron chi connectivity index (χ3n) is 5.04. The molecule has 0 radical (unpaired) electrons. The first-order valence-corrected chi connectivity index (χ1v) is 9.96. The van der Waals surface area contributed by atoms with Gasteiger partial charge in [-0.25, -0.2) is 17.5 Å². The fraction of sp³-hybridized carbons (Fsp3) is 0.471. The van der Waals surface area contributed by atoms with Gasteiger partial charge in [0.15, 0.2) is 0 Å². The number of nitrogens with zero attached hydrogens (tertiary/aromatic N) is 3. The lowest BCUT2D eigenvalue weighted by atomic mass is 10.1. The molecule has 26 heavy (non-hydrogen) atoms. The minimum atomic E-state index is -3.71. The molecule has 2 aliphatic rings. The predicted octanol–water partition coefficient (Wildman–Crippen LogP) is 2.26. The minimum absolute atomic E-state index is 0. The molecule has 1 N–H and O–H groups in total. The second kappa shape index (κ2) is 7.26. The Morgan fingerprint density at radius 2 is 2.00 bits per heavy atom. The zero-order valence-electron chi connectivity index (χ0n) is 14.4. The van der Waals surface area contributed by atoms with Gasteiger partial charge in [0.05, 0.1) is 11.1 Å². The molecule has 2 fully saturated rings. The summed E-state index contributed by atoms with van der Waals surface area (Å²) in [5.74, 6) is -0.593. The van der Waals surface area contributed by atoms with Crippen LogP contribution in [0.5, 0.6) is 0 Å². The van der Waals surface area contributed by atoms with Crippen molar-refractivity contribution in [1.29, 1.82) is 0 Å². The van der Waals surface area contributed by atoms with Crippen molar-refractivity contribution in [2.45, 2.75) is 43.2 Å². The van der Waals surface area contributed by atoms with E-state index in [1.54, 1.807) is 16.7 Å². The lowest BCUT2D eigenvalue weighted by Gasteiger charge is -2.27. The minimum Gasteiger partial charge on any atom is -0.315 e. The van der Waals surface area contributed by atoms with E-state index >= 15 is 0 Å². The molecule has 2 unspecified atom stereocenters. The van der Waals surface area contributed by atoms with E-state index in [1.807, 2.05) is 6.92 Å². The Bertz CT molecular complexity index is 888. The van der Waals surface area contributed by atoms with E-state index in [0.717, 1.165) is 37.4 Å². The molecule has 0 saturated carbocycles. The van der Waals surface area contributed by atoms with Crippen molar-refractivity contribution in [3.8, 4) is 5.69 Å². The first-order valence-electron chi connectivity index (χ1n) is 8.52. The third kappa shape index (κ3) is 3.26. The van der Waals surface area contributed by atoms with E-state index in [0.29, 0.717) is 6.54 Å². The number of rotatable bonds is 3. The van der Waals surface area contributed by atoms with E-state index in [-0.39, 0.29) is 35.1 Å². The first kappa shape index (κ1) is 19.3. The molecule has 6 nitrogen and oxygen atoms in total. The van der Waals surface area contributed by atoms with Crippen LogP contribution in [-0.4, -0.2) is 47.7 Å². The highest BCUT2D eigenvalue weighted by Gasteiger charge is 2.43. The van der Waals surface area contributed by atoms with Crippen LogP contribution in [-0.2, 0) is 10.0 Å². The highest BCUT2D eigenvalue weighted by Crippen LogP contribution is 2.34. The van der Waals surface area contributed by atoms with Gasteiger partial charge in [-0.15, -0.1) is 12.4 Å². The van der Waals surface area contributed by atoms with Crippen LogP contribution in [0.4, 0.5) is 4.39 Å². The molecule has 4 rings (SSSR count). The number of sulfonamides is 1. The summed E-state index contributed by atoms with van der Waals surface area (Å²) in [6, 6.07) is 4.02. The predicted molar refractivity (Wildman–Crippen MR) is 98.8 cm³/mol. The van der Waals surface area contributed by atoms with Crippen LogP contribution in [0.25, 0.3) is 5.69 Å². The number of fused-ring (bicyclic) bond motifs is 2. The summed E-state index contributed by atoms with van der Waals surface area (Å²) in [6.45, 7) is 3.34. The van der Waals surface area contributed by atoms with E-state index < -0.39 is 15.8 Å². The molecule has 0 amide bonds. The molecule has 142 valence electrons. The van der Waals surface area contributed by atoms with E-state index in [4.69, 9.17) is 0 Å².